The molecule has 28 heavy (non-hydrogen) atoms. The van der Waals surface area contributed by atoms with Gasteiger partial charge in [-0.15, -0.1) is 5.10 Å². The van der Waals surface area contributed by atoms with Gasteiger partial charge in [0.25, 0.3) is 0 Å². The molecule has 0 fully saturated rings. The molecule has 0 unspecified atom stereocenters. The Hall–Kier alpha value is -3.49. The van der Waals surface area contributed by atoms with Gasteiger partial charge in [0.15, 0.2) is 11.6 Å². The molecule has 0 N–H and O–H groups in total. The summed E-state index contributed by atoms with van der Waals surface area (Å²) in [6, 6.07) is 13.0. The minimum Gasteiger partial charge on any atom is -0.383 e. The molecule has 0 saturated carbocycles. The smallest absolute Gasteiger partial charge is 0.383 e. The Morgan fingerprint density at radius 2 is 1.68 bits per heavy atom. The first-order valence-electron chi connectivity index (χ1n) is 8.22. The molecule has 0 aliphatic carbocycles. The number of carbonyl (C=O) groups is 1. The normalized spacial score (nSPS) is 12.1. The summed E-state index contributed by atoms with van der Waals surface area (Å²) in [4.78, 5) is 14.7. The van der Waals surface area contributed by atoms with E-state index in [1.807, 2.05) is 6.07 Å². The zero-order chi connectivity index (χ0) is 20.3. The first-order valence-corrected chi connectivity index (χ1v) is 8.22. The first kappa shape index (κ1) is 19.3. The number of tetrazole rings is 1. The van der Waals surface area contributed by atoms with Crippen molar-refractivity contribution in [3.63, 3.8) is 0 Å². The number of ketones is 1. The van der Waals surface area contributed by atoms with Gasteiger partial charge in [0.1, 0.15) is 0 Å². The molecule has 2 aromatic carbocycles. The summed E-state index contributed by atoms with van der Waals surface area (Å²) in [7, 11) is 3.44. The number of hydrogen-bond acceptors (Lipinski definition) is 5. The van der Waals surface area contributed by atoms with Crippen LogP contribution in [0.5, 0.6) is 0 Å². The van der Waals surface area contributed by atoms with Crippen LogP contribution >= 0.6 is 0 Å². The molecular weight excluding hydrogens is 371 g/mol. The van der Waals surface area contributed by atoms with Crippen molar-refractivity contribution in [1.29, 1.82) is 0 Å². The molecule has 6 nitrogen and oxygen atoms in total. The van der Waals surface area contributed by atoms with E-state index in [0.717, 1.165) is 24.3 Å². The molecule has 144 valence electrons. The van der Waals surface area contributed by atoms with E-state index in [9.17, 15) is 18.0 Å². The molecule has 0 aliphatic rings. The van der Waals surface area contributed by atoms with Crippen LogP contribution in [0.4, 0.5) is 13.2 Å². The predicted molar refractivity (Wildman–Crippen MR) is 96.6 cm³/mol. The number of para-hydroxylation sites is 1. The van der Waals surface area contributed by atoms with Crippen LogP contribution in [0.25, 0.3) is 11.3 Å². The number of hydrogen-bond donors (Lipinski definition) is 0. The summed E-state index contributed by atoms with van der Waals surface area (Å²) in [6.45, 7) is 0. The van der Waals surface area contributed by atoms with E-state index < -0.39 is 17.5 Å². The van der Waals surface area contributed by atoms with E-state index in [0.29, 0.717) is 5.69 Å². The number of carbonyl (C=O) groups excluding carboxylic acids is 1. The number of halogens is 3. The average Bonchev–Trinajstić information content (AvgIpc) is 3.15. The van der Waals surface area contributed by atoms with Crippen molar-refractivity contribution >= 4 is 11.4 Å². The summed E-state index contributed by atoms with van der Waals surface area (Å²) in [5, 5.41) is 11.5. The van der Waals surface area contributed by atoms with E-state index >= 15 is 0 Å². The van der Waals surface area contributed by atoms with Crippen molar-refractivity contribution < 1.29 is 18.0 Å². The van der Waals surface area contributed by atoms with Crippen LogP contribution in [-0.2, 0) is 6.18 Å². The molecule has 1 heterocycles. The monoisotopic (exact) mass is 387 g/mol. The maximum absolute atomic E-state index is 13.0. The molecule has 3 aromatic rings. The maximum atomic E-state index is 13.0. The Balaban J connectivity index is 2.03. The summed E-state index contributed by atoms with van der Waals surface area (Å²) in [5.74, 6) is -0.306. The third kappa shape index (κ3) is 4.08. The molecule has 3 rings (SSSR count). The molecule has 0 radical (unpaired) electrons. The molecule has 0 aliphatic heterocycles. The second-order valence-corrected chi connectivity index (χ2v) is 6.16. The Labute approximate surface area is 158 Å². The zero-order valence-corrected chi connectivity index (χ0v) is 15.1. The lowest BCUT2D eigenvalue weighted by Crippen LogP contribution is -2.14. The fraction of sp³-hybridized carbons (Fsp3) is 0.158. The van der Waals surface area contributed by atoms with Gasteiger partial charge in [-0.05, 0) is 34.7 Å². The molecule has 0 spiro atoms. The van der Waals surface area contributed by atoms with Gasteiger partial charge < -0.3 is 4.90 Å². The minimum absolute atomic E-state index is 0.101. The van der Waals surface area contributed by atoms with Crippen molar-refractivity contribution in [3.8, 4) is 5.69 Å². The van der Waals surface area contributed by atoms with Crippen molar-refractivity contribution in [3.05, 3.63) is 77.7 Å². The number of benzene rings is 2. The van der Waals surface area contributed by atoms with E-state index in [4.69, 9.17) is 0 Å². The van der Waals surface area contributed by atoms with Crippen molar-refractivity contribution in [2.24, 2.45) is 0 Å². The van der Waals surface area contributed by atoms with Gasteiger partial charge in [-0.1, -0.05) is 30.3 Å². The number of allylic oxidation sites excluding steroid dienone is 1. The van der Waals surface area contributed by atoms with Crippen LogP contribution in [0, 0.1) is 0 Å². The van der Waals surface area contributed by atoms with Gasteiger partial charge in [0, 0.05) is 25.9 Å². The predicted octanol–water partition coefficient (Wildman–Crippen LogP) is 3.47. The van der Waals surface area contributed by atoms with Crippen molar-refractivity contribution in [2.45, 2.75) is 6.18 Å². The number of rotatable bonds is 5. The summed E-state index contributed by atoms with van der Waals surface area (Å²) < 4.78 is 39.7. The molecule has 0 amide bonds. The highest BCUT2D eigenvalue weighted by molar-refractivity contribution is 6.28. The SMILES string of the molecule is CN(C)/C=C(/C(=O)c1ccc(C(F)(F)F)cc1)c1nnnn1-c1ccccc1. The number of aromatic nitrogens is 4. The van der Waals surface area contributed by atoms with Gasteiger partial charge >= 0.3 is 6.18 Å². The number of alkyl halides is 3. The fourth-order valence-corrected chi connectivity index (χ4v) is 2.54. The van der Waals surface area contributed by atoms with E-state index in [-0.39, 0.29) is 17.0 Å². The first-order chi connectivity index (χ1) is 13.3. The fourth-order valence-electron chi connectivity index (χ4n) is 2.54. The van der Waals surface area contributed by atoms with Crippen LogP contribution in [0.2, 0.25) is 0 Å². The second kappa shape index (κ2) is 7.63. The van der Waals surface area contributed by atoms with Gasteiger partial charge in [-0.2, -0.15) is 17.9 Å². The highest BCUT2D eigenvalue weighted by Gasteiger charge is 2.30. The highest BCUT2D eigenvalue weighted by Crippen LogP contribution is 2.30. The Morgan fingerprint density at radius 3 is 2.25 bits per heavy atom. The van der Waals surface area contributed by atoms with Crippen LogP contribution in [0.3, 0.4) is 0 Å². The third-order valence-corrected chi connectivity index (χ3v) is 3.82. The van der Waals surface area contributed by atoms with Gasteiger partial charge in [0.2, 0.25) is 0 Å². The topological polar surface area (TPSA) is 63.9 Å². The van der Waals surface area contributed by atoms with Crippen LogP contribution < -0.4 is 0 Å². The third-order valence-electron chi connectivity index (χ3n) is 3.82. The lowest BCUT2D eigenvalue weighted by molar-refractivity contribution is -0.137. The molecular formula is C19H16F3N5O. The molecule has 1 aromatic heterocycles. The Kier molecular flexibility index (Phi) is 5.25. The number of nitrogens with zero attached hydrogens (tertiary/aromatic N) is 5. The minimum atomic E-state index is -4.47. The number of Topliss-reactive ketones (excluding diaryl/α,β-unsaturated/α-hetero) is 1. The van der Waals surface area contributed by atoms with E-state index in [2.05, 4.69) is 15.5 Å². The molecule has 0 atom stereocenters. The van der Waals surface area contributed by atoms with E-state index in [1.54, 1.807) is 43.3 Å². The molecule has 0 saturated heterocycles. The lowest BCUT2D eigenvalue weighted by Gasteiger charge is -2.12. The highest BCUT2D eigenvalue weighted by atomic mass is 19.4. The van der Waals surface area contributed by atoms with Crippen LogP contribution in [0.1, 0.15) is 21.7 Å². The molecule has 9 heteroatoms. The van der Waals surface area contributed by atoms with Gasteiger partial charge in [-0.3, -0.25) is 4.79 Å². The summed E-state index contributed by atoms with van der Waals surface area (Å²) >= 11 is 0. The van der Waals surface area contributed by atoms with Crippen molar-refractivity contribution in [2.75, 3.05) is 14.1 Å². The van der Waals surface area contributed by atoms with Crippen LogP contribution in [-0.4, -0.2) is 45.0 Å². The quantitative estimate of drug-likeness (QED) is 0.496. The lowest BCUT2D eigenvalue weighted by atomic mass is 10.0. The second-order valence-electron chi connectivity index (χ2n) is 6.16. The van der Waals surface area contributed by atoms with Gasteiger partial charge in [-0.25, -0.2) is 0 Å². The zero-order valence-electron chi connectivity index (χ0n) is 15.1. The largest absolute Gasteiger partial charge is 0.416 e. The van der Waals surface area contributed by atoms with Gasteiger partial charge in [0.05, 0.1) is 16.8 Å². The van der Waals surface area contributed by atoms with E-state index in [1.165, 1.54) is 10.9 Å². The maximum Gasteiger partial charge on any atom is 0.416 e. The standard InChI is InChI=1S/C19H16F3N5O/c1-26(2)12-16(17(28)13-8-10-14(11-9-13)19(20,21)22)18-23-24-25-27(18)15-6-4-3-5-7-15/h3-12H,1-2H3/b16-12-. The van der Waals surface area contributed by atoms with Crippen LogP contribution in [0.15, 0.2) is 60.8 Å². The summed E-state index contributed by atoms with van der Waals surface area (Å²) in [5.41, 5.74) is 0.0750. The summed E-state index contributed by atoms with van der Waals surface area (Å²) in [6.07, 6.45) is -2.94. The Bertz CT molecular complexity index is 992. The average molecular weight is 387 g/mol. The van der Waals surface area contributed by atoms with Crippen molar-refractivity contribution in [1.82, 2.24) is 25.1 Å². The Morgan fingerprint density at radius 1 is 1.04 bits per heavy atom. The molecule has 0 bridgehead atoms.